The van der Waals surface area contributed by atoms with Crippen LogP contribution >= 0.6 is 12.4 Å². The molecule has 0 unspecified atom stereocenters. The molecule has 0 atom stereocenters. The smallest absolute Gasteiger partial charge is 0.285 e. The molecule has 0 saturated carbocycles. The molecule has 0 aliphatic heterocycles. The Kier molecular flexibility index (Phi) is 4.78. The fourth-order valence-electron chi connectivity index (χ4n) is 1.05. The predicted molar refractivity (Wildman–Crippen MR) is 53.9 cm³/mol. The summed E-state index contributed by atoms with van der Waals surface area (Å²) in [5.41, 5.74) is -1.05. The van der Waals surface area contributed by atoms with Gasteiger partial charge in [-0.2, -0.15) is 21.6 Å². The van der Waals surface area contributed by atoms with E-state index in [0.717, 1.165) is 12.1 Å². The van der Waals surface area contributed by atoms with Gasteiger partial charge in [-0.3, -0.25) is 4.55 Å². The molecule has 0 amide bonds. The predicted octanol–water partition coefficient (Wildman–Crippen LogP) is 2.52. The Labute approximate surface area is 96.4 Å². The molecule has 8 heteroatoms. The lowest BCUT2D eigenvalue weighted by atomic mass is 10.1. The first kappa shape index (κ1) is 15.2. The highest BCUT2D eigenvalue weighted by Crippen LogP contribution is 2.29. The molecule has 1 rings (SSSR count). The second-order valence-corrected chi connectivity index (χ2v) is 4.38. The molecule has 1 aromatic rings. The van der Waals surface area contributed by atoms with Crippen LogP contribution in [-0.4, -0.2) is 13.0 Å². The van der Waals surface area contributed by atoms with Crippen LogP contribution in [-0.2, 0) is 22.0 Å². The van der Waals surface area contributed by atoms with Crippen LogP contribution in [0.25, 0.3) is 0 Å². The van der Waals surface area contributed by atoms with Crippen LogP contribution in [0.3, 0.4) is 0 Å². The summed E-state index contributed by atoms with van der Waals surface area (Å²) in [5, 5.41) is 0. The van der Waals surface area contributed by atoms with E-state index in [2.05, 4.69) is 0 Å². The van der Waals surface area contributed by atoms with E-state index in [4.69, 9.17) is 4.55 Å². The fourth-order valence-corrected chi connectivity index (χ4v) is 1.65. The van der Waals surface area contributed by atoms with Crippen LogP contribution in [0.2, 0.25) is 0 Å². The van der Waals surface area contributed by atoms with Gasteiger partial charge >= 0.3 is 6.18 Å². The molecule has 0 aliphatic carbocycles. The lowest BCUT2D eigenvalue weighted by Crippen LogP contribution is -2.07. The van der Waals surface area contributed by atoms with Crippen molar-refractivity contribution in [1.29, 1.82) is 0 Å². The second-order valence-electron chi connectivity index (χ2n) is 2.92. The van der Waals surface area contributed by atoms with Gasteiger partial charge in [-0.05, 0) is 11.6 Å². The second kappa shape index (κ2) is 5.03. The third-order valence-electron chi connectivity index (χ3n) is 1.60. The SMILES string of the molecule is Cl.O=S(=O)(O)Cc1cccc(C(F)(F)F)c1. The Bertz CT molecular complexity index is 456. The van der Waals surface area contributed by atoms with Crippen molar-refractivity contribution < 1.29 is 26.1 Å². The summed E-state index contributed by atoms with van der Waals surface area (Å²) in [7, 11) is -4.31. The zero-order valence-electron chi connectivity index (χ0n) is 7.73. The molecule has 1 N–H and O–H groups in total. The van der Waals surface area contributed by atoms with Crippen molar-refractivity contribution in [2.45, 2.75) is 11.9 Å². The van der Waals surface area contributed by atoms with Crippen LogP contribution in [0.15, 0.2) is 24.3 Å². The normalized spacial score (nSPS) is 12.0. The van der Waals surface area contributed by atoms with Gasteiger partial charge in [0.05, 0.1) is 5.56 Å². The van der Waals surface area contributed by atoms with Crippen molar-refractivity contribution in [3.63, 3.8) is 0 Å². The van der Waals surface area contributed by atoms with E-state index in [9.17, 15) is 21.6 Å². The maximum atomic E-state index is 12.2. The minimum atomic E-state index is -4.52. The molecule has 0 radical (unpaired) electrons. The molecule has 0 fully saturated rings. The van der Waals surface area contributed by atoms with Crippen molar-refractivity contribution in [2.75, 3.05) is 0 Å². The monoisotopic (exact) mass is 276 g/mol. The summed E-state index contributed by atoms with van der Waals surface area (Å²) in [6, 6.07) is 3.80. The topological polar surface area (TPSA) is 54.4 Å². The summed E-state index contributed by atoms with van der Waals surface area (Å²) < 4.78 is 65.9. The van der Waals surface area contributed by atoms with Gasteiger partial charge in [-0.15, -0.1) is 12.4 Å². The molecule has 0 saturated heterocycles. The summed E-state index contributed by atoms with van der Waals surface area (Å²) in [4.78, 5) is 0. The maximum Gasteiger partial charge on any atom is 0.416 e. The van der Waals surface area contributed by atoms with Crippen LogP contribution in [0, 0.1) is 0 Å². The van der Waals surface area contributed by atoms with E-state index >= 15 is 0 Å². The van der Waals surface area contributed by atoms with E-state index in [0.29, 0.717) is 6.07 Å². The van der Waals surface area contributed by atoms with Gasteiger partial charge in [-0.1, -0.05) is 18.2 Å². The van der Waals surface area contributed by atoms with E-state index in [1.807, 2.05) is 0 Å². The average Bonchev–Trinajstić information content (AvgIpc) is 1.99. The highest BCUT2D eigenvalue weighted by atomic mass is 35.5. The number of alkyl halides is 3. The first-order chi connectivity index (χ1) is 6.68. The highest BCUT2D eigenvalue weighted by Gasteiger charge is 2.30. The van der Waals surface area contributed by atoms with E-state index in [1.165, 1.54) is 6.07 Å². The molecule has 0 bridgehead atoms. The standard InChI is InChI=1S/C8H7F3O3S.ClH/c9-8(10,11)7-3-1-2-6(4-7)5-15(12,13)14;/h1-4H,5H2,(H,12,13,14);1H. The zero-order valence-corrected chi connectivity index (χ0v) is 9.36. The first-order valence-corrected chi connectivity index (χ1v) is 5.41. The first-order valence-electron chi connectivity index (χ1n) is 3.80. The van der Waals surface area contributed by atoms with E-state index in [-0.39, 0.29) is 18.0 Å². The van der Waals surface area contributed by atoms with Crippen LogP contribution in [0.4, 0.5) is 13.2 Å². The Balaban J connectivity index is 0.00000225. The van der Waals surface area contributed by atoms with Crippen molar-refractivity contribution in [1.82, 2.24) is 0 Å². The van der Waals surface area contributed by atoms with Crippen LogP contribution < -0.4 is 0 Å². The lowest BCUT2D eigenvalue weighted by molar-refractivity contribution is -0.137. The van der Waals surface area contributed by atoms with Crippen molar-refractivity contribution in [3.8, 4) is 0 Å². The van der Waals surface area contributed by atoms with Crippen molar-refractivity contribution >= 4 is 22.5 Å². The van der Waals surface area contributed by atoms with Gasteiger partial charge < -0.3 is 0 Å². The van der Waals surface area contributed by atoms with Gasteiger partial charge in [-0.25, -0.2) is 0 Å². The van der Waals surface area contributed by atoms with Crippen molar-refractivity contribution in [2.24, 2.45) is 0 Å². The lowest BCUT2D eigenvalue weighted by Gasteiger charge is -2.07. The summed E-state index contributed by atoms with van der Waals surface area (Å²) in [6.07, 6.45) is -4.52. The summed E-state index contributed by atoms with van der Waals surface area (Å²) >= 11 is 0. The largest absolute Gasteiger partial charge is 0.416 e. The molecule has 1 aromatic carbocycles. The van der Waals surface area contributed by atoms with Gasteiger partial charge in [0.1, 0.15) is 5.75 Å². The zero-order chi connectivity index (χ0) is 11.7. The molecule has 0 spiro atoms. The maximum absolute atomic E-state index is 12.2. The molecule has 3 nitrogen and oxygen atoms in total. The highest BCUT2D eigenvalue weighted by molar-refractivity contribution is 7.85. The van der Waals surface area contributed by atoms with Crippen LogP contribution in [0.5, 0.6) is 0 Å². The van der Waals surface area contributed by atoms with Gasteiger partial charge in [0.2, 0.25) is 0 Å². The fraction of sp³-hybridized carbons (Fsp3) is 0.250. The Hall–Kier alpha value is -0.790. The van der Waals surface area contributed by atoms with Crippen molar-refractivity contribution in [3.05, 3.63) is 35.4 Å². The van der Waals surface area contributed by atoms with Gasteiger partial charge in [0.25, 0.3) is 10.1 Å². The average molecular weight is 277 g/mol. The molecule has 0 heterocycles. The number of benzene rings is 1. The summed E-state index contributed by atoms with van der Waals surface area (Å²) in [6.45, 7) is 0. The molecular formula is C8H8ClF3O3S. The molecule has 16 heavy (non-hydrogen) atoms. The quantitative estimate of drug-likeness (QED) is 0.845. The summed E-state index contributed by atoms with van der Waals surface area (Å²) in [5.74, 6) is -0.822. The molecular weight excluding hydrogens is 269 g/mol. The van der Waals surface area contributed by atoms with Crippen LogP contribution in [0.1, 0.15) is 11.1 Å². The van der Waals surface area contributed by atoms with Gasteiger partial charge in [0.15, 0.2) is 0 Å². The molecule has 0 aliphatic rings. The number of halogens is 4. The Morgan fingerprint density at radius 3 is 2.25 bits per heavy atom. The number of hydrogen-bond acceptors (Lipinski definition) is 2. The Morgan fingerprint density at radius 1 is 1.25 bits per heavy atom. The minimum Gasteiger partial charge on any atom is -0.285 e. The van der Waals surface area contributed by atoms with Gasteiger partial charge in [0, 0.05) is 0 Å². The molecule has 0 aromatic heterocycles. The minimum absolute atomic E-state index is 0. The van der Waals surface area contributed by atoms with E-state index < -0.39 is 27.6 Å². The number of hydrogen-bond donors (Lipinski definition) is 1. The molecule has 92 valence electrons. The van der Waals surface area contributed by atoms with E-state index in [1.54, 1.807) is 0 Å². The number of rotatable bonds is 2. The third kappa shape index (κ3) is 4.82. The third-order valence-corrected chi connectivity index (χ3v) is 2.30. The Morgan fingerprint density at radius 2 is 1.81 bits per heavy atom.